The van der Waals surface area contributed by atoms with Crippen LogP contribution in [-0.2, 0) is 11.8 Å². The maximum absolute atomic E-state index is 3.82. The highest BCUT2D eigenvalue weighted by Crippen LogP contribution is 2.43. The molecule has 2 rings (SSSR count). The fourth-order valence-corrected chi connectivity index (χ4v) is 4.49. The Hall–Kier alpha value is -0.300. The third kappa shape index (κ3) is 2.82. The molecule has 0 N–H and O–H groups in total. The molecular formula is C17H25Br. The maximum Gasteiger partial charge on any atom is 0.0129 e. The molecule has 2 unspecified atom stereocenters. The molecule has 1 heteroatoms. The van der Waals surface area contributed by atoms with Gasteiger partial charge in [-0.2, -0.15) is 0 Å². The van der Waals surface area contributed by atoms with E-state index in [-0.39, 0.29) is 0 Å². The Labute approximate surface area is 120 Å². The van der Waals surface area contributed by atoms with Gasteiger partial charge in [0.1, 0.15) is 0 Å². The van der Waals surface area contributed by atoms with Gasteiger partial charge < -0.3 is 0 Å². The van der Waals surface area contributed by atoms with Crippen molar-refractivity contribution >= 4 is 15.9 Å². The number of alkyl halides is 1. The lowest BCUT2D eigenvalue weighted by Crippen LogP contribution is -2.34. The van der Waals surface area contributed by atoms with Gasteiger partial charge in [-0.3, -0.25) is 0 Å². The van der Waals surface area contributed by atoms with Gasteiger partial charge in [-0.05, 0) is 42.7 Å². The van der Waals surface area contributed by atoms with Gasteiger partial charge in [0.2, 0.25) is 0 Å². The Morgan fingerprint density at radius 1 is 1.33 bits per heavy atom. The summed E-state index contributed by atoms with van der Waals surface area (Å²) in [6, 6.07) is 9.11. The van der Waals surface area contributed by atoms with E-state index in [1.54, 1.807) is 11.1 Å². The van der Waals surface area contributed by atoms with Crippen molar-refractivity contribution < 1.29 is 0 Å². The van der Waals surface area contributed by atoms with Gasteiger partial charge in [0.05, 0.1) is 0 Å². The van der Waals surface area contributed by atoms with Gasteiger partial charge in [0.15, 0.2) is 0 Å². The molecular weight excluding hydrogens is 284 g/mol. The van der Waals surface area contributed by atoms with E-state index < -0.39 is 0 Å². The van der Waals surface area contributed by atoms with Crippen molar-refractivity contribution in [3.05, 3.63) is 35.4 Å². The van der Waals surface area contributed by atoms with Crippen LogP contribution < -0.4 is 0 Å². The minimum absolute atomic E-state index is 0.392. The number of hydrogen-bond acceptors (Lipinski definition) is 0. The molecule has 0 heterocycles. The van der Waals surface area contributed by atoms with Gasteiger partial charge in [0.25, 0.3) is 0 Å². The molecule has 0 bridgehead atoms. The molecule has 2 atom stereocenters. The zero-order valence-electron chi connectivity index (χ0n) is 11.7. The molecule has 1 aromatic carbocycles. The number of fused-ring (bicyclic) bond motifs is 1. The van der Waals surface area contributed by atoms with Crippen LogP contribution in [0.5, 0.6) is 0 Å². The van der Waals surface area contributed by atoms with E-state index in [0.29, 0.717) is 5.41 Å². The molecule has 0 nitrogen and oxygen atoms in total. The quantitative estimate of drug-likeness (QED) is 0.632. The van der Waals surface area contributed by atoms with Crippen molar-refractivity contribution in [2.24, 2.45) is 5.92 Å². The SMILES string of the molecule is CCCC(C)CC1(CBr)CCCc2ccccc21. The molecule has 0 amide bonds. The summed E-state index contributed by atoms with van der Waals surface area (Å²) in [6.07, 6.45) is 7.97. The van der Waals surface area contributed by atoms with Crippen LogP contribution in [0.15, 0.2) is 24.3 Å². The highest BCUT2D eigenvalue weighted by molar-refractivity contribution is 9.09. The number of benzene rings is 1. The van der Waals surface area contributed by atoms with Crippen LogP contribution in [0.1, 0.15) is 57.1 Å². The molecule has 0 saturated carbocycles. The van der Waals surface area contributed by atoms with Crippen molar-refractivity contribution in [1.29, 1.82) is 0 Å². The summed E-state index contributed by atoms with van der Waals surface area (Å²) in [7, 11) is 0. The first-order valence-electron chi connectivity index (χ1n) is 7.36. The number of rotatable bonds is 5. The second-order valence-corrected chi connectivity index (χ2v) is 6.58. The standard InChI is InChI=1S/C17H25Br/c1-3-7-14(2)12-17(13-18)11-6-9-15-8-4-5-10-16(15)17/h4-5,8,10,14H,3,6-7,9,11-13H2,1-2H3. The van der Waals surface area contributed by atoms with Crippen LogP contribution in [0.4, 0.5) is 0 Å². The lowest BCUT2D eigenvalue weighted by molar-refractivity contribution is 0.306. The van der Waals surface area contributed by atoms with Crippen molar-refractivity contribution in [3.8, 4) is 0 Å². The summed E-state index contributed by atoms with van der Waals surface area (Å²) in [5.41, 5.74) is 3.60. The minimum Gasteiger partial charge on any atom is -0.0918 e. The van der Waals surface area contributed by atoms with Crippen LogP contribution in [0.25, 0.3) is 0 Å². The second-order valence-electron chi connectivity index (χ2n) is 6.02. The Kier molecular flexibility index (Phi) is 4.89. The first-order chi connectivity index (χ1) is 8.72. The van der Waals surface area contributed by atoms with E-state index in [1.807, 2.05) is 0 Å². The zero-order valence-corrected chi connectivity index (χ0v) is 13.3. The molecule has 0 fully saturated rings. The van der Waals surface area contributed by atoms with Gasteiger partial charge in [-0.25, -0.2) is 0 Å². The predicted molar refractivity (Wildman–Crippen MR) is 83.5 cm³/mol. The van der Waals surface area contributed by atoms with Crippen molar-refractivity contribution in [1.82, 2.24) is 0 Å². The average Bonchev–Trinajstić information content (AvgIpc) is 2.39. The average molecular weight is 309 g/mol. The summed E-state index contributed by atoms with van der Waals surface area (Å²) in [6.45, 7) is 4.72. The molecule has 1 aromatic rings. The van der Waals surface area contributed by atoms with Crippen molar-refractivity contribution in [2.45, 2.75) is 57.8 Å². The molecule has 0 aromatic heterocycles. The molecule has 1 aliphatic rings. The molecule has 1 aliphatic carbocycles. The van der Waals surface area contributed by atoms with E-state index >= 15 is 0 Å². The first kappa shape index (κ1) is 14.1. The third-order valence-corrected chi connectivity index (χ3v) is 5.54. The van der Waals surface area contributed by atoms with Crippen LogP contribution in [0.2, 0.25) is 0 Å². The summed E-state index contributed by atoms with van der Waals surface area (Å²) >= 11 is 3.82. The van der Waals surface area contributed by atoms with Crippen LogP contribution in [0, 0.1) is 5.92 Å². The molecule has 0 spiro atoms. The van der Waals surface area contributed by atoms with Gasteiger partial charge in [-0.15, -0.1) is 0 Å². The Bertz CT molecular complexity index is 385. The number of hydrogen-bond donors (Lipinski definition) is 0. The van der Waals surface area contributed by atoms with E-state index in [0.717, 1.165) is 11.2 Å². The molecule has 18 heavy (non-hydrogen) atoms. The third-order valence-electron chi connectivity index (χ3n) is 4.47. The smallest absolute Gasteiger partial charge is 0.0129 e. The lowest BCUT2D eigenvalue weighted by atomic mass is 9.67. The van der Waals surface area contributed by atoms with Gasteiger partial charge in [0, 0.05) is 10.7 Å². The van der Waals surface area contributed by atoms with Gasteiger partial charge >= 0.3 is 0 Å². The Morgan fingerprint density at radius 3 is 2.83 bits per heavy atom. The van der Waals surface area contributed by atoms with Crippen molar-refractivity contribution in [3.63, 3.8) is 0 Å². The van der Waals surface area contributed by atoms with Crippen molar-refractivity contribution in [2.75, 3.05) is 5.33 Å². The highest BCUT2D eigenvalue weighted by Gasteiger charge is 2.36. The Morgan fingerprint density at radius 2 is 2.11 bits per heavy atom. The maximum atomic E-state index is 3.82. The molecule has 0 radical (unpaired) electrons. The van der Waals surface area contributed by atoms with E-state index in [2.05, 4.69) is 54.0 Å². The fraction of sp³-hybridized carbons (Fsp3) is 0.647. The van der Waals surface area contributed by atoms with E-state index in [9.17, 15) is 0 Å². The number of aryl methyl sites for hydroxylation is 1. The summed E-state index contributed by atoms with van der Waals surface area (Å²) in [5, 5.41) is 1.12. The monoisotopic (exact) mass is 308 g/mol. The van der Waals surface area contributed by atoms with Gasteiger partial charge in [-0.1, -0.05) is 66.9 Å². The molecule has 0 aliphatic heterocycles. The van der Waals surface area contributed by atoms with Crippen LogP contribution in [0.3, 0.4) is 0 Å². The van der Waals surface area contributed by atoms with Crippen LogP contribution in [-0.4, -0.2) is 5.33 Å². The topological polar surface area (TPSA) is 0 Å². The lowest BCUT2D eigenvalue weighted by Gasteiger charge is -2.40. The second kappa shape index (κ2) is 6.23. The first-order valence-corrected chi connectivity index (χ1v) is 8.48. The fourth-order valence-electron chi connectivity index (χ4n) is 3.67. The minimum atomic E-state index is 0.392. The summed E-state index contributed by atoms with van der Waals surface area (Å²) in [4.78, 5) is 0. The summed E-state index contributed by atoms with van der Waals surface area (Å²) in [5.74, 6) is 0.832. The van der Waals surface area contributed by atoms with E-state index in [4.69, 9.17) is 0 Å². The van der Waals surface area contributed by atoms with Crippen LogP contribution >= 0.6 is 15.9 Å². The molecule has 100 valence electrons. The predicted octanol–water partition coefficient (Wildman–Crippen LogP) is 5.48. The number of halogens is 1. The zero-order chi connectivity index (χ0) is 13.0. The Balaban J connectivity index is 2.27. The highest BCUT2D eigenvalue weighted by atomic mass is 79.9. The summed E-state index contributed by atoms with van der Waals surface area (Å²) < 4.78 is 0. The van der Waals surface area contributed by atoms with E-state index in [1.165, 1.54) is 38.5 Å². The largest absolute Gasteiger partial charge is 0.0918 e. The normalized spacial score (nSPS) is 24.6. The molecule has 0 saturated heterocycles.